The predicted octanol–water partition coefficient (Wildman–Crippen LogP) is 0.593. The van der Waals surface area contributed by atoms with E-state index in [0.717, 1.165) is 12.2 Å². The molecule has 0 aromatic heterocycles. The molecule has 1 saturated heterocycles. The molecule has 0 aromatic rings. The first kappa shape index (κ1) is 7.38. The Morgan fingerprint density at radius 1 is 1.56 bits per heavy atom. The average molecular weight is 147 g/mol. The molecule has 0 aromatic carbocycles. The van der Waals surface area contributed by atoms with Crippen LogP contribution in [0.3, 0.4) is 0 Å². The van der Waals surface area contributed by atoms with Crippen molar-refractivity contribution >= 4 is 12.6 Å². The van der Waals surface area contributed by atoms with E-state index in [4.69, 9.17) is 4.74 Å². The van der Waals surface area contributed by atoms with Gasteiger partial charge in [-0.25, -0.2) is 0 Å². The van der Waals surface area contributed by atoms with Crippen LogP contribution in [0.15, 0.2) is 0 Å². The maximum Gasteiger partial charge on any atom is 0.137 e. The van der Waals surface area contributed by atoms with Gasteiger partial charge >= 0.3 is 0 Å². The molecule has 54 valence electrons. The van der Waals surface area contributed by atoms with Crippen LogP contribution in [0.2, 0.25) is 0 Å². The molecule has 2 atom stereocenters. The van der Waals surface area contributed by atoms with Gasteiger partial charge in [-0.2, -0.15) is 12.6 Å². The SMILES string of the molecule is CN(C)C1OC1CCS. The van der Waals surface area contributed by atoms with Crippen LogP contribution in [-0.2, 0) is 4.74 Å². The van der Waals surface area contributed by atoms with Crippen molar-refractivity contribution in [3.63, 3.8) is 0 Å². The molecule has 0 bridgehead atoms. The summed E-state index contributed by atoms with van der Waals surface area (Å²) in [6.45, 7) is 0. The number of epoxide rings is 1. The summed E-state index contributed by atoms with van der Waals surface area (Å²) in [5.41, 5.74) is 0. The van der Waals surface area contributed by atoms with Crippen molar-refractivity contribution in [3.8, 4) is 0 Å². The Morgan fingerprint density at radius 2 is 2.22 bits per heavy atom. The quantitative estimate of drug-likeness (QED) is 0.464. The highest BCUT2D eigenvalue weighted by molar-refractivity contribution is 7.80. The van der Waals surface area contributed by atoms with Crippen LogP contribution in [0.4, 0.5) is 0 Å². The van der Waals surface area contributed by atoms with Crippen molar-refractivity contribution in [2.45, 2.75) is 18.8 Å². The molecule has 2 unspecified atom stereocenters. The van der Waals surface area contributed by atoms with Crippen molar-refractivity contribution < 1.29 is 4.74 Å². The third kappa shape index (κ3) is 1.85. The molecular formula is C6H13NOS. The Labute approximate surface area is 61.6 Å². The molecule has 9 heavy (non-hydrogen) atoms. The fourth-order valence-corrected chi connectivity index (χ4v) is 1.18. The lowest BCUT2D eigenvalue weighted by molar-refractivity contribution is 0.244. The van der Waals surface area contributed by atoms with Crippen LogP contribution in [0, 0.1) is 0 Å². The van der Waals surface area contributed by atoms with Crippen LogP contribution in [-0.4, -0.2) is 37.1 Å². The second-order valence-corrected chi connectivity index (χ2v) is 2.99. The summed E-state index contributed by atoms with van der Waals surface area (Å²) >= 11 is 4.11. The molecule has 1 fully saturated rings. The van der Waals surface area contributed by atoms with Gasteiger partial charge in [-0.1, -0.05) is 0 Å². The molecule has 1 heterocycles. The smallest absolute Gasteiger partial charge is 0.137 e. The standard InChI is InChI=1S/C6H13NOS/c1-7(2)6-5(8-6)3-4-9/h5-6,9H,3-4H2,1-2H3. The summed E-state index contributed by atoms with van der Waals surface area (Å²) in [6.07, 6.45) is 1.90. The van der Waals surface area contributed by atoms with Crippen LogP contribution in [0.1, 0.15) is 6.42 Å². The molecule has 0 spiro atoms. The van der Waals surface area contributed by atoms with Crippen molar-refractivity contribution in [1.82, 2.24) is 4.90 Å². The predicted molar refractivity (Wildman–Crippen MR) is 40.8 cm³/mol. The van der Waals surface area contributed by atoms with Gasteiger partial charge in [-0.3, -0.25) is 4.90 Å². The summed E-state index contributed by atoms with van der Waals surface area (Å²) in [5, 5.41) is 0. The minimum absolute atomic E-state index is 0.372. The maximum atomic E-state index is 5.30. The van der Waals surface area contributed by atoms with E-state index in [1.54, 1.807) is 0 Å². The van der Waals surface area contributed by atoms with Gasteiger partial charge in [0, 0.05) is 0 Å². The number of rotatable bonds is 3. The van der Waals surface area contributed by atoms with Crippen molar-refractivity contribution in [1.29, 1.82) is 0 Å². The molecule has 1 rings (SSSR count). The van der Waals surface area contributed by atoms with Gasteiger partial charge in [0.05, 0.1) is 0 Å². The molecule has 3 heteroatoms. The van der Waals surface area contributed by atoms with Crippen LogP contribution >= 0.6 is 12.6 Å². The third-order valence-electron chi connectivity index (χ3n) is 1.48. The second kappa shape index (κ2) is 2.90. The number of hydrogen-bond donors (Lipinski definition) is 1. The van der Waals surface area contributed by atoms with E-state index in [-0.39, 0.29) is 0 Å². The highest BCUT2D eigenvalue weighted by Crippen LogP contribution is 2.26. The van der Waals surface area contributed by atoms with Gasteiger partial charge in [0.2, 0.25) is 0 Å². The molecule has 1 aliphatic heterocycles. The van der Waals surface area contributed by atoms with E-state index in [9.17, 15) is 0 Å². The molecular weight excluding hydrogens is 134 g/mol. The summed E-state index contributed by atoms with van der Waals surface area (Å²) in [4.78, 5) is 2.09. The van der Waals surface area contributed by atoms with E-state index in [1.807, 2.05) is 14.1 Å². The summed E-state index contributed by atoms with van der Waals surface area (Å²) in [7, 11) is 4.06. The van der Waals surface area contributed by atoms with Crippen LogP contribution in [0.25, 0.3) is 0 Å². The molecule has 0 N–H and O–H groups in total. The van der Waals surface area contributed by atoms with E-state index in [1.165, 1.54) is 0 Å². The molecule has 0 aliphatic carbocycles. The topological polar surface area (TPSA) is 15.8 Å². The number of nitrogens with zero attached hydrogens (tertiary/aromatic N) is 1. The van der Waals surface area contributed by atoms with Crippen molar-refractivity contribution in [2.24, 2.45) is 0 Å². The Hall–Kier alpha value is 0.270. The number of thiol groups is 1. The first-order valence-electron chi connectivity index (χ1n) is 3.18. The molecule has 0 saturated carbocycles. The number of likely N-dealkylation sites (N-methyl/N-ethyl adjacent to an activating group) is 1. The van der Waals surface area contributed by atoms with Crippen LogP contribution < -0.4 is 0 Å². The van der Waals surface area contributed by atoms with Crippen LogP contribution in [0.5, 0.6) is 0 Å². The zero-order chi connectivity index (χ0) is 6.85. The number of hydrogen-bond acceptors (Lipinski definition) is 3. The van der Waals surface area contributed by atoms with E-state index < -0.39 is 0 Å². The zero-order valence-corrected chi connectivity index (χ0v) is 6.77. The average Bonchev–Trinajstić information content (AvgIpc) is 2.47. The summed E-state index contributed by atoms with van der Waals surface area (Å²) in [5.74, 6) is 0.926. The largest absolute Gasteiger partial charge is 0.353 e. The first-order valence-corrected chi connectivity index (χ1v) is 3.81. The van der Waals surface area contributed by atoms with Gasteiger partial charge in [0.1, 0.15) is 12.3 Å². The lowest BCUT2D eigenvalue weighted by atomic mass is 10.3. The van der Waals surface area contributed by atoms with Gasteiger partial charge in [0.25, 0.3) is 0 Å². The van der Waals surface area contributed by atoms with Gasteiger partial charge < -0.3 is 4.74 Å². The molecule has 0 amide bonds. The Bertz CT molecular complexity index is 97.1. The minimum atomic E-state index is 0.372. The minimum Gasteiger partial charge on any atom is -0.353 e. The van der Waals surface area contributed by atoms with Gasteiger partial charge in [-0.05, 0) is 26.3 Å². The molecule has 0 radical (unpaired) electrons. The highest BCUT2D eigenvalue weighted by atomic mass is 32.1. The molecule has 2 nitrogen and oxygen atoms in total. The van der Waals surface area contributed by atoms with E-state index >= 15 is 0 Å². The highest BCUT2D eigenvalue weighted by Gasteiger charge is 2.39. The van der Waals surface area contributed by atoms with Crippen molar-refractivity contribution in [3.05, 3.63) is 0 Å². The fourth-order valence-electron chi connectivity index (χ4n) is 0.926. The fraction of sp³-hybridized carbons (Fsp3) is 1.00. The van der Waals surface area contributed by atoms with E-state index in [0.29, 0.717) is 12.3 Å². The Kier molecular flexibility index (Phi) is 2.38. The second-order valence-electron chi connectivity index (χ2n) is 2.54. The normalized spacial score (nSPS) is 33.3. The van der Waals surface area contributed by atoms with E-state index in [2.05, 4.69) is 17.5 Å². The lowest BCUT2D eigenvalue weighted by Crippen LogP contribution is -2.17. The Morgan fingerprint density at radius 3 is 2.56 bits per heavy atom. The number of ether oxygens (including phenoxy) is 1. The lowest BCUT2D eigenvalue weighted by Gasteiger charge is -2.02. The van der Waals surface area contributed by atoms with Gasteiger partial charge in [0.15, 0.2) is 0 Å². The van der Waals surface area contributed by atoms with Crippen molar-refractivity contribution in [2.75, 3.05) is 19.8 Å². The zero-order valence-electron chi connectivity index (χ0n) is 5.87. The summed E-state index contributed by atoms with van der Waals surface area (Å²) < 4.78 is 5.30. The third-order valence-corrected chi connectivity index (χ3v) is 1.74. The maximum absolute atomic E-state index is 5.30. The molecule has 1 aliphatic rings. The summed E-state index contributed by atoms with van der Waals surface area (Å²) in [6, 6.07) is 0. The monoisotopic (exact) mass is 147 g/mol. The first-order chi connectivity index (χ1) is 4.25. The van der Waals surface area contributed by atoms with Gasteiger partial charge in [-0.15, -0.1) is 0 Å². The Balaban J connectivity index is 2.09.